The van der Waals surface area contributed by atoms with E-state index in [0.29, 0.717) is 18.8 Å². The van der Waals surface area contributed by atoms with E-state index in [1.807, 2.05) is 0 Å². The summed E-state index contributed by atoms with van der Waals surface area (Å²) in [5.74, 6) is -0.185. The smallest absolute Gasteiger partial charge is 0.310 e. The maximum atomic E-state index is 13.0. The molecule has 0 bridgehead atoms. The topological polar surface area (TPSA) is 196 Å². The van der Waals surface area contributed by atoms with Gasteiger partial charge in [0.25, 0.3) is 0 Å². The standard InChI is InChI=1S/C40H64O12/c1-35(2)13-15-40(34(47)48)16-14-38(5)21(22(40)17-35)7-8-26-36(3)11-10-27(37(4,20-41)25(36)9-12-39(26,38)6)51-33-31(29(45)24(43)19-50-33)52-32-30(46)28(44)23(42)18-49-32/h7,22-33,41-46H,8-20H2,1-6H3,(H,47,48)/t22-,23-,24+,25-,26-,27+,28+,29+,30-,31-,32+,33+,36+,37+,38-,39-,40+/m1/s1. The average Bonchev–Trinajstić information content (AvgIpc) is 3.09. The number of aliphatic hydroxyl groups is 6. The second kappa shape index (κ2) is 13.2. The quantitative estimate of drug-likeness (QED) is 0.156. The third-order valence-electron chi connectivity index (χ3n) is 16.6. The summed E-state index contributed by atoms with van der Waals surface area (Å²) >= 11 is 0. The molecule has 2 heterocycles. The molecule has 7 N–H and O–H groups in total. The van der Waals surface area contributed by atoms with E-state index in [0.717, 1.165) is 51.4 Å². The Morgan fingerprint density at radius 1 is 0.788 bits per heavy atom. The first-order valence-electron chi connectivity index (χ1n) is 19.8. The highest BCUT2D eigenvalue weighted by molar-refractivity contribution is 5.76. The summed E-state index contributed by atoms with van der Waals surface area (Å²) in [5, 5.41) is 74.2. The molecule has 0 aromatic heterocycles. The molecule has 296 valence electrons. The number of aliphatic carboxylic acids is 1. The predicted octanol–water partition coefficient (Wildman–Crippen LogP) is 3.13. The minimum Gasteiger partial charge on any atom is -0.481 e. The Bertz CT molecular complexity index is 1400. The van der Waals surface area contributed by atoms with Crippen LogP contribution in [-0.2, 0) is 23.7 Å². The maximum absolute atomic E-state index is 13.0. The first-order valence-corrected chi connectivity index (χ1v) is 19.8. The normalized spacial score (nSPS) is 54.5. The molecule has 2 aliphatic heterocycles. The van der Waals surface area contributed by atoms with Crippen LogP contribution in [0.3, 0.4) is 0 Å². The summed E-state index contributed by atoms with van der Waals surface area (Å²) in [5.41, 5.74) is -0.220. The van der Waals surface area contributed by atoms with Gasteiger partial charge in [0.15, 0.2) is 12.6 Å². The summed E-state index contributed by atoms with van der Waals surface area (Å²) < 4.78 is 24.0. The van der Waals surface area contributed by atoms with Crippen LogP contribution >= 0.6 is 0 Å². The van der Waals surface area contributed by atoms with E-state index in [9.17, 15) is 40.5 Å². The molecular weight excluding hydrogens is 672 g/mol. The average molecular weight is 737 g/mol. The minimum atomic E-state index is -1.61. The lowest BCUT2D eigenvalue weighted by atomic mass is 9.33. The van der Waals surface area contributed by atoms with Crippen molar-refractivity contribution in [2.45, 2.75) is 161 Å². The Labute approximate surface area is 307 Å². The predicted molar refractivity (Wildman–Crippen MR) is 187 cm³/mol. The molecule has 12 nitrogen and oxygen atoms in total. The lowest BCUT2D eigenvalue weighted by molar-refractivity contribution is -0.358. The zero-order chi connectivity index (χ0) is 37.8. The number of fused-ring (bicyclic) bond motifs is 7. The second-order valence-electron chi connectivity index (χ2n) is 19.6. The molecule has 4 saturated carbocycles. The molecule has 7 rings (SSSR count). The Kier molecular flexibility index (Phi) is 9.92. The first kappa shape index (κ1) is 39.1. The van der Waals surface area contributed by atoms with Gasteiger partial charge in [0, 0.05) is 5.41 Å². The number of rotatable bonds is 6. The van der Waals surface area contributed by atoms with Gasteiger partial charge in [0.2, 0.25) is 0 Å². The Hall–Kier alpha value is -1.19. The van der Waals surface area contributed by atoms with Crippen LogP contribution in [0.5, 0.6) is 0 Å². The third kappa shape index (κ3) is 5.63. The summed E-state index contributed by atoms with van der Waals surface area (Å²) in [6.07, 6.45) is -0.763. The van der Waals surface area contributed by atoms with Crippen LogP contribution in [0.2, 0.25) is 0 Å². The Morgan fingerprint density at radius 2 is 1.44 bits per heavy atom. The van der Waals surface area contributed by atoms with Crippen LogP contribution in [0, 0.1) is 50.2 Å². The number of hydrogen-bond acceptors (Lipinski definition) is 11. The molecular formula is C40H64O12. The van der Waals surface area contributed by atoms with Crippen LogP contribution in [0.4, 0.5) is 0 Å². The van der Waals surface area contributed by atoms with Gasteiger partial charge in [0.1, 0.15) is 36.6 Å². The van der Waals surface area contributed by atoms with Gasteiger partial charge in [-0.25, -0.2) is 0 Å². The fourth-order valence-electron chi connectivity index (χ4n) is 13.1. The van der Waals surface area contributed by atoms with E-state index < -0.39 is 72.1 Å². The minimum absolute atomic E-state index is 0.0376. The van der Waals surface area contributed by atoms with E-state index in [2.05, 4.69) is 47.6 Å². The number of ether oxygens (including phenoxy) is 4. The summed E-state index contributed by atoms with van der Waals surface area (Å²) in [4.78, 5) is 13.0. The Balaban J connectivity index is 1.15. The monoisotopic (exact) mass is 736 g/mol. The molecule has 0 spiro atoms. The van der Waals surface area contributed by atoms with Crippen LogP contribution in [0.1, 0.15) is 106 Å². The van der Waals surface area contributed by atoms with Crippen molar-refractivity contribution in [2.75, 3.05) is 19.8 Å². The van der Waals surface area contributed by atoms with E-state index in [-0.39, 0.29) is 53.3 Å². The fraction of sp³-hybridized carbons (Fsp3) is 0.925. The van der Waals surface area contributed by atoms with E-state index in [4.69, 9.17) is 18.9 Å². The van der Waals surface area contributed by atoms with Crippen LogP contribution in [0.15, 0.2) is 11.6 Å². The van der Waals surface area contributed by atoms with Crippen LogP contribution < -0.4 is 0 Å². The molecule has 52 heavy (non-hydrogen) atoms. The number of aliphatic hydroxyl groups excluding tert-OH is 6. The highest BCUT2D eigenvalue weighted by atomic mass is 16.7. The molecule has 0 aromatic carbocycles. The van der Waals surface area contributed by atoms with Gasteiger partial charge in [-0.1, -0.05) is 53.2 Å². The van der Waals surface area contributed by atoms with Crippen LogP contribution in [-0.4, -0.2) is 117 Å². The summed E-state index contributed by atoms with van der Waals surface area (Å²) in [7, 11) is 0. The van der Waals surface area contributed by atoms with E-state index in [1.165, 1.54) is 5.57 Å². The zero-order valence-corrected chi connectivity index (χ0v) is 31.9. The molecule has 0 aromatic rings. The molecule has 0 amide bonds. The molecule has 5 aliphatic carbocycles. The first-order chi connectivity index (χ1) is 24.3. The number of carbonyl (C=O) groups is 1. The van der Waals surface area contributed by atoms with Crippen LogP contribution in [0.25, 0.3) is 0 Å². The molecule has 6 fully saturated rings. The highest BCUT2D eigenvalue weighted by Crippen LogP contribution is 2.76. The van der Waals surface area contributed by atoms with E-state index in [1.54, 1.807) is 0 Å². The van der Waals surface area contributed by atoms with Gasteiger partial charge < -0.3 is 54.7 Å². The maximum Gasteiger partial charge on any atom is 0.310 e. The Morgan fingerprint density at radius 3 is 2.12 bits per heavy atom. The number of carboxylic acid groups (broad SMARTS) is 1. The van der Waals surface area contributed by atoms with Crippen molar-refractivity contribution in [2.24, 2.45) is 50.2 Å². The van der Waals surface area contributed by atoms with E-state index >= 15 is 0 Å². The van der Waals surface area contributed by atoms with Crippen molar-refractivity contribution < 1.29 is 59.5 Å². The number of carboxylic acids is 1. The lowest BCUT2D eigenvalue weighted by Gasteiger charge is -2.71. The molecule has 7 aliphatic rings. The van der Waals surface area contributed by atoms with Crippen molar-refractivity contribution in [3.63, 3.8) is 0 Å². The second-order valence-corrected chi connectivity index (χ2v) is 19.6. The number of allylic oxidation sites excluding steroid dienone is 2. The van der Waals surface area contributed by atoms with Gasteiger partial charge in [-0.2, -0.15) is 0 Å². The zero-order valence-electron chi connectivity index (χ0n) is 31.9. The molecule has 0 unspecified atom stereocenters. The summed E-state index contributed by atoms with van der Waals surface area (Å²) in [6, 6.07) is 0. The van der Waals surface area contributed by atoms with Crippen molar-refractivity contribution in [1.82, 2.24) is 0 Å². The highest BCUT2D eigenvalue weighted by Gasteiger charge is 2.70. The fourth-order valence-corrected chi connectivity index (χ4v) is 13.1. The molecule has 17 atom stereocenters. The number of hydrogen-bond donors (Lipinski definition) is 7. The molecule has 0 radical (unpaired) electrons. The summed E-state index contributed by atoms with van der Waals surface area (Å²) in [6.45, 7) is 13.3. The molecule has 2 saturated heterocycles. The van der Waals surface area contributed by atoms with Gasteiger partial charge in [-0.3, -0.25) is 4.79 Å². The largest absolute Gasteiger partial charge is 0.481 e. The van der Waals surface area contributed by atoms with Gasteiger partial charge in [-0.05, 0) is 104 Å². The SMILES string of the molecule is CC1(C)CC[C@]2(C(=O)O)CC[C@]3(C)C(=CC[C@@H]4[C@@]5(C)CC[C@H](O[C@@H]6OC[C@H](O)[C@H](O)[C@H]6O[C@@H]6OC[C@@H](O)[C@H](O)[C@H]6O)[C@@](C)(CO)[C@@H]5CC[C@]43C)[C@H]2C1. The van der Waals surface area contributed by atoms with Crippen molar-refractivity contribution in [3.05, 3.63) is 11.6 Å². The third-order valence-corrected chi connectivity index (χ3v) is 16.6. The molecule has 12 heteroatoms. The van der Waals surface area contributed by atoms with Gasteiger partial charge in [0.05, 0.1) is 31.3 Å². The lowest BCUT2D eigenvalue weighted by Crippen LogP contribution is -2.67. The van der Waals surface area contributed by atoms with Gasteiger partial charge in [-0.15, -0.1) is 0 Å². The van der Waals surface area contributed by atoms with Crippen molar-refractivity contribution >= 4 is 5.97 Å². The van der Waals surface area contributed by atoms with Crippen molar-refractivity contribution in [3.8, 4) is 0 Å². The van der Waals surface area contributed by atoms with Crippen molar-refractivity contribution in [1.29, 1.82) is 0 Å². The van der Waals surface area contributed by atoms with Gasteiger partial charge >= 0.3 is 5.97 Å².